The fourth-order valence-corrected chi connectivity index (χ4v) is 2.72. The van der Waals surface area contributed by atoms with Gasteiger partial charge in [0.25, 0.3) is 11.6 Å². The van der Waals surface area contributed by atoms with Gasteiger partial charge in [-0.2, -0.15) is 5.10 Å². The number of carbonyl (C=O) groups excluding carboxylic acids is 2. The number of hydrazone groups is 1. The Labute approximate surface area is 159 Å². The number of hydrogen-bond acceptors (Lipinski definition) is 6. The number of hydrogen-bond donors (Lipinski definition) is 0. The van der Waals surface area contributed by atoms with Gasteiger partial charge >= 0.3 is 5.97 Å². The van der Waals surface area contributed by atoms with Crippen LogP contribution in [0.15, 0.2) is 53.6 Å². The van der Waals surface area contributed by atoms with Crippen molar-refractivity contribution in [3.8, 4) is 0 Å². The second-order valence-electron chi connectivity index (χ2n) is 5.68. The van der Waals surface area contributed by atoms with Crippen LogP contribution in [0.2, 0.25) is 5.02 Å². The van der Waals surface area contributed by atoms with E-state index in [0.717, 1.165) is 17.3 Å². The van der Waals surface area contributed by atoms with Gasteiger partial charge in [-0.1, -0.05) is 41.9 Å². The Morgan fingerprint density at radius 3 is 2.67 bits per heavy atom. The van der Waals surface area contributed by atoms with Gasteiger partial charge in [0.15, 0.2) is 6.61 Å². The van der Waals surface area contributed by atoms with E-state index in [4.69, 9.17) is 16.3 Å². The monoisotopic (exact) mass is 387 g/mol. The predicted octanol–water partition coefficient (Wildman–Crippen LogP) is 3.04. The molecular formula is C18H14ClN3O5. The number of nitro groups is 1. The fourth-order valence-electron chi connectivity index (χ4n) is 2.54. The number of esters is 1. The number of carbonyl (C=O) groups is 2. The highest BCUT2D eigenvalue weighted by Crippen LogP contribution is 2.25. The second-order valence-corrected chi connectivity index (χ2v) is 6.09. The van der Waals surface area contributed by atoms with E-state index in [9.17, 15) is 19.7 Å². The van der Waals surface area contributed by atoms with E-state index in [0.29, 0.717) is 13.0 Å². The molecule has 0 fully saturated rings. The number of amides is 1. The van der Waals surface area contributed by atoms with Crippen molar-refractivity contribution < 1.29 is 19.2 Å². The summed E-state index contributed by atoms with van der Waals surface area (Å²) >= 11 is 5.70. The highest BCUT2D eigenvalue weighted by Gasteiger charge is 2.23. The summed E-state index contributed by atoms with van der Waals surface area (Å²) in [7, 11) is 0. The van der Waals surface area contributed by atoms with Gasteiger partial charge in [-0.3, -0.25) is 14.9 Å². The predicted molar refractivity (Wildman–Crippen MR) is 97.7 cm³/mol. The van der Waals surface area contributed by atoms with Crippen LogP contribution in [-0.4, -0.2) is 40.7 Å². The molecule has 0 atom stereocenters. The Bertz CT molecular complexity index is 930. The maximum absolute atomic E-state index is 12.2. The molecule has 1 heterocycles. The first-order valence-electron chi connectivity index (χ1n) is 8.00. The first kappa shape index (κ1) is 18.5. The Morgan fingerprint density at radius 1 is 1.22 bits per heavy atom. The van der Waals surface area contributed by atoms with Gasteiger partial charge in [0, 0.05) is 12.5 Å². The molecule has 27 heavy (non-hydrogen) atoms. The van der Waals surface area contributed by atoms with E-state index < -0.39 is 29.1 Å². The molecule has 3 rings (SSSR count). The van der Waals surface area contributed by atoms with Crippen molar-refractivity contribution in [3.63, 3.8) is 0 Å². The molecule has 0 bridgehead atoms. The zero-order chi connectivity index (χ0) is 19.4. The van der Waals surface area contributed by atoms with Crippen LogP contribution in [0.3, 0.4) is 0 Å². The third-order valence-electron chi connectivity index (χ3n) is 3.90. The van der Waals surface area contributed by atoms with E-state index in [1.165, 1.54) is 17.1 Å². The molecular weight excluding hydrogens is 374 g/mol. The number of benzene rings is 2. The van der Waals surface area contributed by atoms with E-state index in [1.54, 1.807) is 0 Å². The van der Waals surface area contributed by atoms with E-state index in [1.807, 2.05) is 30.3 Å². The van der Waals surface area contributed by atoms with Crippen molar-refractivity contribution in [2.75, 3.05) is 13.2 Å². The third kappa shape index (κ3) is 4.29. The molecule has 138 valence electrons. The maximum Gasteiger partial charge on any atom is 0.338 e. The summed E-state index contributed by atoms with van der Waals surface area (Å²) in [5.74, 6) is -1.33. The highest BCUT2D eigenvalue weighted by atomic mass is 35.5. The average Bonchev–Trinajstić information content (AvgIpc) is 3.17. The lowest BCUT2D eigenvalue weighted by molar-refractivity contribution is -0.384. The maximum atomic E-state index is 12.2. The molecule has 0 saturated heterocycles. The fraction of sp³-hybridized carbons (Fsp3) is 0.167. The van der Waals surface area contributed by atoms with Gasteiger partial charge in [0.05, 0.1) is 22.7 Å². The van der Waals surface area contributed by atoms with Crippen molar-refractivity contribution in [3.05, 3.63) is 74.8 Å². The number of ether oxygens (including phenoxy) is 1. The summed E-state index contributed by atoms with van der Waals surface area (Å²) in [5, 5.41) is 16.3. The minimum atomic E-state index is -0.852. The topological polar surface area (TPSA) is 102 Å². The summed E-state index contributed by atoms with van der Waals surface area (Å²) in [6, 6.07) is 13.0. The summed E-state index contributed by atoms with van der Waals surface area (Å²) in [6.45, 7) is -0.117. The van der Waals surface area contributed by atoms with Crippen molar-refractivity contribution in [2.45, 2.75) is 6.42 Å². The zero-order valence-corrected chi connectivity index (χ0v) is 14.8. The van der Waals surface area contributed by atoms with Crippen molar-refractivity contribution in [2.24, 2.45) is 5.10 Å². The smallest absolute Gasteiger partial charge is 0.338 e. The normalized spacial score (nSPS) is 13.2. The Hall–Kier alpha value is -3.26. The van der Waals surface area contributed by atoms with Crippen LogP contribution in [-0.2, 0) is 9.53 Å². The number of halogens is 1. The minimum Gasteiger partial charge on any atom is -0.452 e. The van der Waals surface area contributed by atoms with Crippen molar-refractivity contribution >= 4 is 34.9 Å². The number of nitrogens with zero attached hydrogens (tertiary/aromatic N) is 3. The molecule has 0 saturated carbocycles. The Morgan fingerprint density at radius 2 is 1.96 bits per heavy atom. The average molecular weight is 388 g/mol. The van der Waals surface area contributed by atoms with Gasteiger partial charge in [-0.25, -0.2) is 9.80 Å². The first-order valence-corrected chi connectivity index (χ1v) is 8.38. The Balaban J connectivity index is 1.61. The zero-order valence-electron chi connectivity index (χ0n) is 14.0. The van der Waals surface area contributed by atoms with Crippen molar-refractivity contribution in [1.29, 1.82) is 0 Å². The van der Waals surface area contributed by atoms with Crippen LogP contribution in [0.4, 0.5) is 5.69 Å². The molecule has 1 aliphatic rings. The van der Waals surface area contributed by atoms with Crippen LogP contribution < -0.4 is 0 Å². The molecule has 0 aliphatic carbocycles. The second kappa shape index (κ2) is 7.96. The molecule has 0 spiro atoms. The van der Waals surface area contributed by atoms with Crippen LogP contribution >= 0.6 is 11.6 Å². The summed E-state index contributed by atoms with van der Waals surface area (Å²) in [4.78, 5) is 34.4. The molecule has 8 nitrogen and oxygen atoms in total. The molecule has 0 aromatic heterocycles. The lowest BCUT2D eigenvalue weighted by Gasteiger charge is -2.11. The molecule has 0 N–H and O–H groups in total. The molecule has 2 aromatic carbocycles. The lowest BCUT2D eigenvalue weighted by Crippen LogP contribution is -2.28. The summed E-state index contributed by atoms with van der Waals surface area (Å²) in [5.41, 5.74) is 1.24. The summed E-state index contributed by atoms with van der Waals surface area (Å²) in [6.07, 6.45) is 0.604. The molecule has 0 unspecified atom stereocenters. The van der Waals surface area contributed by atoms with Crippen LogP contribution in [0.5, 0.6) is 0 Å². The van der Waals surface area contributed by atoms with Gasteiger partial charge in [-0.05, 0) is 17.7 Å². The molecule has 1 aliphatic heterocycles. The third-order valence-corrected chi connectivity index (χ3v) is 4.22. The van der Waals surface area contributed by atoms with Crippen LogP contribution in [0.1, 0.15) is 22.3 Å². The number of rotatable bonds is 5. The van der Waals surface area contributed by atoms with E-state index in [2.05, 4.69) is 5.10 Å². The van der Waals surface area contributed by atoms with Crippen LogP contribution in [0, 0.1) is 10.1 Å². The lowest BCUT2D eigenvalue weighted by atomic mass is 10.1. The first-order chi connectivity index (χ1) is 13.0. The van der Waals surface area contributed by atoms with Gasteiger partial charge in [0.1, 0.15) is 5.02 Å². The van der Waals surface area contributed by atoms with E-state index in [-0.39, 0.29) is 10.6 Å². The van der Waals surface area contributed by atoms with Gasteiger partial charge < -0.3 is 4.74 Å². The highest BCUT2D eigenvalue weighted by molar-refractivity contribution is 6.32. The summed E-state index contributed by atoms with van der Waals surface area (Å²) < 4.78 is 4.95. The quantitative estimate of drug-likeness (QED) is 0.445. The number of nitro benzene ring substituents is 1. The SMILES string of the molecule is O=C(OCC(=O)N1CCC(c2ccccc2)=N1)c1ccc(Cl)c([N+](=O)[O-])c1. The molecule has 0 radical (unpaired) electrons. The molecule has 2 aromatic rings. The minimum absolute atomic E-state index is 0.0613. The van der Waals surface area contributed by atoms with Crippen LogP contribution in [0.25, 0.3) is 0 Å². The van der Waals surface area contributed by atoms with Gasteiger partial charge in [0.2, 0.25) is 0 Å². The largest absolute Gasteiger partial charge is 0.452 e. The molecule has 1 amide bonds. The molecule has 9 heteroatoms. The Kier molecular flexibility index (Phi) is 5.46. The van der Waals surface area contributed by atoms with E-state index >= 15 is 0 Å². The van der Waals surface area contributed by atoms with Gasteiger partial charge in [-0.15, -0.1) is 0 Å². The van der Waals surface area contributed by atoms with Crippen molar-refractivity contribution in [1.82, 2.24) is 5.01 Å². The standard InChI is InChI=1S/C18H14ClN3O5/c19-14-7-6-13(10-16(14)22(25)26)18(24)27-11-17(23)21-9-8-15(20-21)12-4-2-1-3-5-12/h1-7,10H,8-9,11H2.